The summed E-state index contributed by atoms with van der Waals surface area (Å²) in [5, 5.41) is 12.2. The molecule has 4 aromatic rings. The van der Waals surface area contributed by atoms with Crippen molar-refractivity contribution in [2.24, 2.45) is 0 Å². The van der Waals surface area contributed by atoms with Crippen molar-refractivity contribution in [3.8, 4) is 28.7 Å². The minimum Gasteiger partial charge on any atom is -0.497 e. The first-order valence-corrected chi connectivity index (χ1v) is 12.4. The molecule has 4 rings (SSSR count). The van der Waals surface area contributed by atoms with E-state index in [1.807, 2.05) is 60.0 Å². The Morgan fingerprint density at radius 3 is 2.22 bits per heavy atom. The van der Waals surface area contributed by atoms with E-state index in [0.29, 0.717) is 33.9 Å². The van der Waals surface area contributed by atoms with E-state index in [-0.39, 0.29) is 18.3 Å². The van der Waals surface area contributed by atoms with E-state index in [1.54, 1.807) is 39.5 Å². The van der Waals surface area contributed by atoms with Crippen LogP contribution in [0.2, 0.25) is 0 Å². The summed E-state index contributed by atoms with van der Waals surface area (Å²) in [6, 6.07) is 20.5. The van der Waals surface area contributed by atoms with Gasteiger partial charge in [-0.25, -0.2) is 0 Å². The smallest absolute Gasteiger partial charge is 0.234 e. The molecule has 1 aromatic heterocycles. The molecule has 1 amide bonds. The van der Waals surface area contributed by atoms with Crippen LogP contribution in [0.1, 0.15) is 11.4 Å². The van der Waals surface area contributed by atoms with Gasteiger partial charge in [-0.2, -0.15) is 0 Å². The van der Waals surface area contributed by atoms with Crippen molar-refractivity contribution in [2.75, 3.05) is 32.4 Å². The summed E-state index contributed by atoms with van der Waals surface area (Å²) in [5.74, 6) is 3.11. The molecule has 0 aliphatic carbocycles. The van der Waals surface area contributed by atoms with Crippen LogP contribution in [0.15, 0.2) is 71.9 Å². The summed E-state index contributed by atoms with van der Waals surface area (Å²) in [4.78, 5) is 12.8. The monoisotopic (exact) mass is 520 g/mol. The maximum absolute atomic E-state index is 12.8. The predicted molar refractivity (Wildman–Crippen MR) is 142 cm³/mol. The molecule has 0 bridgehead atoms. The van der Waals surface area contributed by atoms with Crippen molar-refractivity contribution in [1.29, 1.82) is 0 Å². The average Bonchev–Trinajstić information content (AvgIpc) is 3.34. The second-order valence-electron chi connectivity index (χ2n) is 7.94. The SMILES string of the molecule is COc1ccc(OCc2nnc(SCC(=O)Nc3ccc(OC)cc3OC)n2-c2ccc(C)cc2)cc1. The maximum Gasteiger partial charge on any atom is 0.234 e. The van der Waals surface area contributed by atoms with Crippen LogP contribution < -0.4 is 24.3 Å². The molecule has 0 saturated heterocycles. The number of hydrogen-bond acceptors (Lipinski definition) is 8. The fourth-order valence-electron chi connectivity index (χ4n) is 3.48. The first-order chi connectivity index (χ1) is 18.0. The maximum atomic E-state index is 12.8. The van der Waals surface area contributed by atoms with Gasteiger partial charge in [-0.15, -0.1) is 10.2 Å². The zero-order valence-electron chi connectivity index (χ0n) is 21.1. The Kier molecular flexibility index (Phi) is 8.52. The highest BCUT2D eigenvalue weighted by molar-refractivity contribution is 7.99. The van der Waals surface area contributed by atoms with Crippen molar-refractivity contribution in [3.63, 3.8) is 0 Å². The Morgan fingerprint density at radius 2 is 1.54 bits per heavy atom. The number of rotatable bonds is 11. The number of hydrogen-bond donors (Lipinski definition) is 1. The van der Waals surface area contributed by atoms with E-state index in [4.69, 9.17) is 18.9 Å². The summed E-state index contributed by atoms with van der Waals surface area (Å²) >= 11 is 1.28. The molecule has 10 heteroatoms. The number of amides is 1. The van der Waals surface area contributed by atoms with Crippen molar-refractivity contribution in [1.82, 2.24) is 14.8 Å². The molecule has 3 aromatic carbocycles. The van der Waals surface area contributed by atoms with Gasteiger partial charge >= 0.3 is 0 Å². The largest absolute Gasteiger partial charge is 0.497 e. The number of anilines is 1. The molecule has 0 atom stereocenters. The number of benzene rings is 3. The molecular weight excluding hydrogens is 492 g/mol. The third kappa shape index (κ3) is 6.53. The number of thioether (sulfide) groups is 1. The summed E-state index contributed by atoms with van der Waals surface area (Å²) < 4.78 is 23.6. The van der Waals surface area contributed by atoms with Gasteiger partial charge in [-0.1, -0.05) is 29.5 Å². The summed E-state index contributed by atoms with van der Waals surface area (Å²) in [6.07, 6.45) is 0. The quantitative estimate of drug-likeness (QED) is 0.279. The lowest BCUT2D eigenvalue weighted by Gasteiger charge is -2.13. The van der Waals surface area contributed by atoms with Crippen molar-refractivity contribution in [2.45, 2.75) is 18.7 Å². The number of aromatic nitrogens is 3. The lowest BCUT2D eigenvalue weighted by Crippen LogP contribution is -2.15. The number of carbonyl (C=O) groups is 1. The average molecular weight is 521 g/mol. The highest BCUT2D eigenvalue weighted by atomic mass is 32.2. The van der Waals surface area contributed by atoms with Crippen LogP contribution in [0.25, 0.3) is 5.69 Å². The van der Waals surface area contributed by atoms with E-state index in [9.17, 15) is 4.79 Å². The fourth-order valence-corrected chi connectivity index (χ4v) is 4.25. The summed E-state index contributed by atoms with van der Waals surface area (Å²) in [5.41, 5.74) is 2.57. The zero-order valence-corrected chi connectivity index (χ0v) is 21.9. The highest BCUT2D eigenvalue weighted by Crippen LogP contribution is 2.30. The normalized spacial score (nSPS) is 10.6. The molecule has 192 valence electrons. The standard InChI is InChI=1S/C27H28N4O5S/c1-18-5-7-19(8-6-18)31-25(16-36-21-11-9-20(33-2)10-12-21)29-30-27(31)37-17-26(32)28-23-14-13-22(34-3)15-24(23)35-4/h5-15H,16-17H2,1-4H3,(H,28,32). The van der Waals surface area contributed by atoms with E-state index in [1.165, 1.54) is 11.8 Å². The Balaban J connectivity index is 1.49. The molecule has 0 fully saturated rings. The van der Waals surface area contributed by atoms with Crippen LogP contribution in [0.3, 0.4) is 0 Å². The minimum atomic E-state index is -0.206. The highest BCUT2D eigenvalue weighted by Gasteiger charge is 2.17. The van der Waals surface area contributed by atoms with E-state index in [2.05, 4.69) is 15.5 Å². The molecule has 0 unspecified atom stereocenters. The number of methoxy groups -OCH3 is 3. The van der Waals surface area contributed by atoms with E-state index < -0.39 is 0 Å². The molecule has 1 heterocycles. The van der Waals surface area contributed by atoms with Gasteiger partial charge in [0, 0.05) is 11.8 Å². The van der Waals surface area contributed by atoms with Crippen molar-refractivity contribution < 1.29 is 23.7 Å². The van der Waals surface area contributed by atoms with Crippen molar-refractivity contribution >= 4 is 23.4 Å². The number of aryl methyl sites for hydroxylation is 1. The Hall–Kier alpha value is -4.18. The number of nitrogens with zero attached hydrogens (tertiary/aromatic N) is 3. The lowest BCUT2D eigenvalue weighted by atomic mass is 10.2. The van der Waals surface area contributed by atoms with Crippen LogP contribution in [-0.4, -0.2) is 47.8 Å². The topological polar surface area (TPSA) is 96.7 Å². The Morgan fingerprint density at radius 1 is 0.865 bits per heavy atom. The van der Waals surface area contributed by atoms with Crippen LogP contribution in [-0.2, 0) is 11.4 Å². The van der Waals surface area contributed by atoms with Crippen LogP contribution >= 0.6 is 11.8 Å². The lowest BCUT2D eigenvalue weighted by molar-refractivity contribution is -0.113. The molecular formula is C27H28N4O5S. The molecule has 0 saturated carbocycles. The van der Waals surface area contributed by atoms with Gasteiger partial charge in [0.25, 0.3) is 0 Å². The zero-order chi connectivity index (χ0) is 26.2. The second kappa shape index (κ2) is 12.2. The van der Waals surface area contributed by atoms with Gasteiger partial charge in [0.05, 0.1) is 32.8 Å². The minimum absolute atomic E-state index is 0.124. The molecule has 0 aliphatic rings. The van der Waals surface area contributed by atoms with Gasteiger partial charge in [0.15, 0.2) is 11.0 Å². The van der Waals surface area contributed by atoms with Gasteiger partial charge in [-0.05, 0) is 55.5 Å². The molecule has 0 aliphatic heterocycles. The van der Waals surface area contributed by atoms with Crippen LogP contribution in [0.4, 0.5) is 5.69 Å². The Labute approximate surface area is 219 Å². The Bertz CT molecular complexity index is 1340. The third-order valence-electron chi connectivity index (χ3n) is 5.44. The first kappa shape index (κ1) is 25.9. The number of ether oxygens (including phenoxy) is 4. The number of carbonyl (C=O) groups excluding carboxylic acids is 1. The van der Waals surface area contributed by atoms with Crippen molar-refractivity contribution in [3.05, 3.63) is 78.1 Å². The summed E-state index contributed by atoms with van der Waals surface area (Å²) in [7, 11) is 4.73. The fraction of sp³-hybridized carbons (Fsp3) is 0.222. The molecule has 1 N–H and O–H groups in total. The van der Waals surface area contributed by atoms with Gasteiger partial charge in [-0.3, -0.25) is 9.36 Å². The van der Waals surface area contributed by atoms with E-state index in [0.717, 1.165) is 17.0 Å². The second-order valence-corrected chi connectivity index (χ2v) is 8.88. The first-order valence-electron chi connectivity index (χ1n) is 11.4. The third-order valence-corrected chi connectivity index (χ3v) is 6.36. The molecule has 9 nitrogen and oxygen atoms in total. The molecule has 0 radical (unpaired) electrons. The van der Waals surface area contributed by atoms with Crippen LogP contribution in [0, 0.1) is 6.92 Å². The van der Waals surface area contributed by atoms with E-state index >= 15 is 0 Å². The van der Waals surface area contributed by atoms with Gasteiger partial charge < -0.3 is 24.3 Å². The molecule has 37 heavy (non-hydrogen) atoms. The van der Waals surface area contributed by atoms with Gasteiger partial charge in [0.2, 0.25) is 5.91 Å². The van der Waals surface area contributed by atoms with Gasteiger partial charge in [0.1, 0.15) is 29.6 Å². The molecule has 0 spiro atoms. The summed E-state index contributed by atoms with van der Waals surface area (Å²) in [6.45, 7) is 2.22. The predicted octanol–water partition coefficient (Wildman–Crippen LogP) is 4.91. The van der Waals surface area contributed by atoms with Crippen LogP contribution in [0.5, 0.6) is 23.0 Å². The number of nitrogens with one attached hydrogen (secondary N) is 1.